The molecule has 0 bridgehead atoms. The summed E-state index contributed by atoms with van der Waals surface area (Å²) in [6.45, 7) is 6.25. The van der Waals surface area contributed by atoms with Gasteiger partial charge in [-0.1, -0.05) is 12.1 Å². The molecule has 0 saturated carbocycles. The maximum Gasteiger partial charge on any atom is 0.227 e. The van der Waals surface area contributed by atoms with Crippen molar-refractivity contribution in [1.29, 1.82) is 0 Å². The van der Waals surface area contributed by atoms with Gasteiger partial charge in [0.15, 0.2) is 0 Å². The molecule has 1 aromatic carbocycles. The average molecular weight is 384 g/mol. The Balaban J connectivity index is 0.00000243. The minimum atomic E-state index is -0.254. The van der Waals surface area contributed by atoms with Crippen molar-refractivity contribution < 1.29 is 9.18 Å². The molecular weight excluding hydrogens is 353 g/mol. The van der Waals surface area contributed by atoms with Crippen LogP contribution < -0.4 is 5.32 Å². The second kappa shape index (κ2) is 10.9. The highest BCUT2D eigenvalue weighted by Crippen LogP contribution is 2.15. The monoisotopic (exact) mass is 383 g/mol. The van der Waals surface area contributed by atoms with Gasteiger partial charge in [0.05, 0.1) is 6.42 Å². The zero-order valence-electron chi connectivity index (χ0n) is 15.5. The number of carbonyl (C=O) groups excluding carboxylic acids is 1. The number of carbonyl (C=O) groups is 1. The highest BCUT2D eigenvalue weighted by Gasteiger charge is 2.25. The van der Waals surface area contributed by atoms with Gasteiger partial charge in [0.1, 0.15) is 5.82 Å². The summed E-state index contributed by atoms with van der Waals surface area (Å²) < 4.78 is 13.1. The number of benzene rings is 1. The molecule has 1 amide bonds. The lowest BCUT2D eigenvalue weighted by molar-refractivity contribution is -0.133. The number of hydrogen-bond acceptors (Lipinski definition) is 3. The van der Waals surface area contributed by atoms with E-state index in [2.05, 4.69) is 15.1 Å². The first-order chi connectivity index (χ1) is 12.2. The zero-order chi connectivity index (χ0) is 17.5. The Hall–Kier alpha value is -1.17. The molecular formula is C20H31ClFN3O. The van der Waals surface area contributed by atoms with E-state index in [1.54, 1.807) is 12.1 Å². The van der Waals surface area contributed by atoms with Gasteiger partial charge >= 0.3 is 0 Å². The van der Waals surface area contributed by atoms with Crippen molar-refractivity contribution in [2.75, 3.05) is 39.3 Å². The first-order valence-electron chi connectivity index (χ1n) is 9.69. The smallest absolute Gasteiger partial charge is 0.227 e. The van der Waals surface area contributed by atoms with E-state index in [1.807, 2.05) is 0 Å². The van der Waals surface area contributed by atoms with Gasteiger partial charge in [-0.2, -0.15) is 0 Å². The number of rotatable bonds is 7. The number of amides is 1. The molecule has 2 fully saturated rings. The fraction of sp³-hybridized carbons (Fsp3) is 0.650. The van der Waals surface area contributed by atoms with Gasteiger partial charge < -0.3 is 15.1 Å². The first-order valence-corrected chi connectivity index (χ1v) is 9.69. The Labute approximate surface area is 162 Å². The lowest BCUT2D eigenvalue weighted by Crippen LogP contribution is -2.50. The van der Waals surface area contributed by atoms with Gasteiger partial charge in [-0.15, -0.1) is 12.4 Å². The Kier molecular flexibility index (Phi) is 8.82. The van der Waals surface area contributed by atoms with Gasteiger partial charge in [-0.3, -0.25) is 4.79 Å². The van der Waals surface area contributed by atoms with Crippen LogP contribution in [0.5, 0.6) is 0 Å². The van der Waals surface area contributed by atoms with Crippen molar-refractivity contribution in [2.45, 2.75) is 44.6 Å². The molecule has 0 aromatic heterocycles. The van der Waals surface area contributed by atoms with Crippen molar-refractivity contribution in [3.63, 3.8) is 0 Å². The minimum absolute atomic E-state index is 0. The van der Waals surface area contributed by atoms with Crippen molar-refractivity contribution in [1.82, 2.24) is 15.1 Å². The van der Waals surface area contributed by atoms with Gasteiger partial charge in [-0.25, -0.2) is 4.39 Å². The zero-order valence-corrected chi connectivity index (χ0v) is 16.3. The molecule has 2 aliphatic rings. The summed E-state index contributed by atoms with van der Waals surface area (Å²) in [4.78, 5) is 17.5. The van der Waals surface area contributed by atoms with Crippen LogP contribution in [0.15, 0.2) is 24.3 Å². The average Bonchev–Trinajstić information content (AvgIpc) is 3.15. The van der Waals surface area contributed by atoms with E-state index in [9.17, 15) is 9.18 Å². The standard InChI is InChI=1S/C20H30FN3O.ClH/c21-18-8-6-17(7-9-18)15-20(25)24(19-5-3-10-22-16-19)14-4-13-23-11-1-2-12-23;/h6-9,19,22H,1-5,10-16H2;1H. The van der Waals surface area contributed by atoms with Crippen LogP contribution in [0, 0.1) is 5.82 Å². The molecule has 1 aromatic rings. The summed E-state index contributed by atoms with van der Waals surface area (Å²) in [5, 5.41) is 3.42. The molecule has 0 radical (unpaired) electrons. The molecule has 3 rings (SSSR count). The summed E-state index contributed by atoms with van der Waals surface area (Å²) in [7, 11) is 0. The predicted molar refractivity (Wildman–Crippen MR) is 105 cm³/mol. The number of likely N-dealkylation sites (tertiary alicyclic amines) is 1. The largest absolute Gasteiger partial charge is 0.338 e. The van der Waals surface area contributed by atoms with E-state index in [1.165, 1.54) is 38.1 Å². The number of nitrogens with one attached hydrogen (secondary N) is 1. The van der Waals surface area contributed by atoms with Crippen LogP contribution in [0.25, 0.3) is 0 Å². The summed E-state index contributed by atoms with van der Waals surface area (Å²) in [5.41, 5.74) is 0.889. The van der Waals surface area contributed by atoms with Crippen LogP contribution in [0.3, 0.4) is 0 Å². The van der Waals surface area contributed by atoms with Crippen molar-refractivity contribution in [3.05, 3.63) is 35.6 Å². The predicted octanol–water partition coefficient (Wildman–Crippen LogP) is 2.86. The van der Waals surface area contributed by atoms with Gasteiger partial charge in [-0.05, 0) is 76.0 Å². The van der Waals surface area contributed by atoms with E-state index in [0.717, 1.165) is 51.0 Å². The highest BCUT2D eigenvalue weighted by molar-refractivity contribution is 5.85. The molecule has 1 atom stereocenters. The third-order valence-electron chi connectivity index (χ3n) is 5.37. The fourth-order valence-electron chi connectivity index (χ4n) is 3.96. The van der Waals surface area contributed by atoms with Crippen molar-refractivity contribution in [3.8, 4) is 0 Å². The lowest BCUT2D eigenvalue weighted by atomic mass is 10.0. The van der Waals surface area contributed by atoms with Crippen LogP contribution in [-0.4, -0.2) is 61.0 Å². The number of nitrogens with zero attached hydrogens (tertiary/aromatic N) is 2. The summed E-state index contributed by atoms with van der Waals surface area (Å²) >= 11 is 0. The van der Waals surface area contributed by atoms with Gasteiger partial charge in [0.2, 0.25) is 5.91 Å². The first kappa shape index (κ1) is 21.1. The normalized spacial score (nSPS) is 20.6. The Morgan fingerprint density at radius 3 is 2.58 bits per heavy atom. The highest BCUT2D eigenvalue weighted by atomic mass is 35.5. The van der Waals surface area contributed by atoms with Crippen LogP contribution in [0.2, 0.25) is 0 Å². The molecule has 0 aliphatic carbocycles. The van der Waals surface area contributed by atoms with Crippen LogP contribution in [0.4, 0.5) is 4.39 Å². The summed E-state index contributed by atoms with van der Waals surface area (Å²) in [5.74, 6) is -0.0862. The van der Waals surface area contributed by atoms with E-state index in [0.29, 0.717) is 12.5 Å². The Bertz CT molecular complexity index is 542. The molecule has 2 saturated heterocycles. The third-order valence-corrected chi connectivity index (χ3v) is 5.37. The topological polar surface area (TPSA) is 35.6 Å². The van der Waals surface area contributed by atoms with E-state index in [-0.39, 0.29) is 24.1 Å². The second-order valence-corrected chi connectivity index (χ2v) is 7.29. The molecule has 2 aliphatic heterocycles. The van der Waals surface area contributed by atoms with Crippen LogP contribution in [0.1, 0.15) is 37.7 Å². The quantitative estimate of drug-likeness (QED) is 0.786. The number of halogens is 2. The summed E-state index contributed by atoms with van der Waals surface area (Å²) in [6.07, 6.45) is 6.20. The molecule has 1 unspecified atom stereocenters. The second-order valence-electron chi connectivity index (χ2n) is 7.29. The maximum absolute atomic E-state index is 13.1. The molecule has 146 valence electrons. The van der Waals surface area contributed by atoms with E-state index in [4.69, 9.17) is 0 Å². The van der Waals surface area contributed by atoms with Crippen molar-refractivity contribution in [2.24, 2.45) is 0 Å². The van der Waals surface area contributed by atoms with Crippen LogP contribution >= 0.6 is 12.4 Å². The van der Waals surface area contributed by atoms with Gasteiger partial charge in [0, 0.05) is 19.1 Å². The fourth-order valence-corrected chi connectivity index (χ4v) is 3.96. The number of hydrogen-bond donors (Lipinski definition) is 1. The lowest BCUT2D eigenvalue weighted by Gasteiger charge is -2.35. The van der Waals surface area contributed by atoms with Crippen molar-refractivity contribution >= 4 is 18.3 Å². The molecule has 4 nitrogen and oxygen atoms in total. The van der Waals surface area contributed by atoms with Crippen LogP contribution in [-0.2, 0) is 11.2 Å². The van der Waals surface area contributed by atoms with E-state index >= 15 is 0 Å². The SMILES string of the molecule is Cl.O=C(Cc1ccc(F)cc1)N(CCCN1CCCC1)C1CCCNC1. The van der Waals surface area contributed by atoms with E-state index < -0.39 is 0 Å². The molecule has 26 heavy (non-hydrogen) atoms. The summed E-state index contributed by atoms with van der Waals surface area (Å²) in [6, 6.07) is 6.59. The van der Waals surface area contributed by atoms with Gasteiger partial charge in [0.25, 0.3) is 0 Å². The molecule has 6 heteroatoms. The third kappa shape index (κ3) is 6.22. The Morgan fingerprint density at radius 2 is 1.92 bits per heavy atom. The number of piperidine rings is 1. The molecule has 1 N–H and O–H groups in total. The maximum atomic E-state index is 13.1. The molecule has 0 spiro atoms. The Morgan fingerprint density at radius 1 is 1.19 bits per heavy atom. The minimum Gasteiger partial charge on any atom is -0.338 e. The molecule has 2 heterocycles.